The quantitative estimate of drug-likeness (QED) is 0.367. The summed E-state index contributed by atoms with van der Waals surface area (Å²) in [7, 11) is 1.50. The maximum atomic E-state index is 10.6. The van der Waals surface area contributed by atoms with Crippen LogP contribution in [0.4, 0.5) is 5.69 Å². The summed E-state index contributed by atoms with van der Waals surface area (Å²) in [6.45, 7) is 0.345. The molecule has 0 atom stereocenters. The molecule has 0 bridgehead atoms. The van der Waals surface area contributed by atoms with E-state index < -0.39 is 4.92 Å². The number of rotatable bonds is 5. The lowest BCUT2D eigenvalue weighted by Gasteiger charge is -2.09. The predicted molar refractivity (Wildman–Crippen MR) is 72.0 cm³/mol. The zero-order valence-electron chi connectivity index (χ0n) is 10.7. The summed E-state index contributed by atoms with van der Waals surface area (Å²) in [6, 6.07) is 5.19. The number of nitrogens with two attached hydrogens (primary N) is 1. The molecule has 2 rings (SSSR count). The van der Waals surface area contributed by atoms with E-state index in [0.717, 1.165) is 5.56 Å². The highest BCUT2D eigenvalue weighted by Crippen LogP contribution is 2.20. The molecule has 0 aliphatic carbocycles. The van der Waals surface area contributed by atoms with E-state index in [2.05, 4.69) is 5.10 Å². The average molecular weight is 275 g/mol. The molecule has 20 heavy (non-hydrogen) atoms. The van der Waals surface area contributed by atoms with Gasteiger partial charge in [-0.1, -0.05) is 6.07 Å². The molecule has 0 radical (unpaired) electrons. The Morgan fingerprint density at radius 3 is 2.90 bits per heavy atom. The maximum Gasteiger partial charge on any atom is 0.307 e. The number of benzene rings is 1. The molecule has 1 aromatic carbocycles. The zero-order valence-corrected chi connectivity index (χ0v) is 10.7. The lowest BCUT2D eigenvalue weighted by Crippen LogP contribution is -2.13. The van der Waals surface area contributed by atoms with Crippen molar-refractivity contribution in [3.8, 4) is 5.75 Å². The summed E-state index contributed by atoms with van der Waals surface area (Å²) in [5, 5.41) is 22.0. The van der Waals surface area contributed by atoms with E-state index in [1.807, 2.05) is 0 Å². The van der Waals surface area contributed by atoms with Gasteiger partial charge < -0.3 is 10.5 Å². The van der Waals surface area contributed by atoms with Crippen LogP contribution in [0.25, 0.3) is 0 Å². The van der Waals surface area contributed by atoms with E-state index in [1.165, 1.54) is 24.2 Å². The Balaban J connectivity index is 2.26. The van der Waals surface area contributed by atoms with Crippen LogP contribution < -0.4 is 10.5 Å². The number of nitrogens with zero attached hydrogens (tertiary/aromatic N) is 3. The van der Waals surface area contributed by atoms with Crippen molar-refractivity contribution in [1.82, 2.24) is 9.78 Å². The van der Waals surface area contributed by atoms with Gasteiger partial charge >= 0.3 is 5.69 Å². The van der Waals surface area contributed by atoms with Crippen LogP contribution in [-0.2, 0) is 6.54 Å². The van der Waals surface area contributed by atoms with Crippen LogP contribution in [0.2, 0.25) is 0 Å². The number of nitro groups is 1. The zero-order chi connectivity index (χ0) is 14.7. The number of amidine groups is 1. The number of nitrogens with one attached hydrogen (secondary N) is 1. The summed E-state index contributed by atoms with van der Waals surface area (Å²) in [6.07, 6.45) is 2.53. The van der Waals surface area contributed by atoms with Crippen molar-refractivity contribution in [1.29, 1.82) is 5.41 Å². The molecule has 3 N–H and O–H groups in total. The number of methoxy groups -OCH3 is 1. The van der Waals surface area contributed by atoms with Crippen LogP contribution in [0.1, 0.15) is 11.1 Å². The summed E-state index contributed by atoms with van der Waals surface area (Å²) in [4.78, 5) is 10.1. The largest absolute Gasteiger partial charge is 0.496 e. The number of aromatic nitrogens is 2. The van der Waals surface area contributed by atoms with E-state index in [9.17, 15) is 10.1 Å². The van der Waals surface area contributed by atoms with Crippen molar-refractivity contribution in [3.63, 3.8) is 0 Å². The van der Waals surface area contributed by atoms with E-state index in [4.69, 9.17) is 15.9 Å². The van der Waals surface area contributed by atoms with Crippen LogP contribution in [0, 0.1) is 15.5 Å². The highest BCUT2D eigenvalue weighted by atomic mass is 16.6. The molecule has 8 nitrogen and oxygen atoms in total. The van der Waals surface area contributed by atoms with Gasteiger partial charge in [0.25, 0.3) is 0 Å². The minimum atomic E-state index is -0.501. The third-order valence-electron chi connectivity index (χ3n) is 2.73. The second kappa shape index (κ2) is 5.39. The topological polar surface area (TPSA) is 120 Å². The van der Waals surface area contributed by atoms with E-state index in [1.54, 1.807) is 18.2 Å². The molecule has 0 spiro atoms. The first-order chi connectivity index (χ1) is 9.51. The molecule has 0 saturated carbocycles. The normalized spacial score (nSPS) is 10.2. The standard InChI is InChI=1S/C12H13N5O3/c1-20-11-3-2-8(4-10(11)12(13)14)6-16-7-9(5-15-16)17(18)19/h2-5,7H,6H2,1H3,(H3,13,14). The maximum absolute atomic E-state index is 10.6. The van der Waals surface area contributed by atoms with Gasteiger partial charge in [0.05, 0.1) is 24.1 Å². The Hall–Kier alpha value is -2.90. The van der Waals surface area contributed by atoms with Crippen LogP contribution in [0.3, 0.4) is 0 Å². The van der Waals surface area contributed by atoms with Crippen molar-refractivity contribution < 1.29 is 9.66 Å². The number of ether oxygens (including phenoxy) is 1. The average Bonchev–Trinajstić information content (AvgIpc) is 2.87. The molecular formula is C12H13N5O3. The molecule has 1 heterocycles. The highest BCUT2D eigenvalue weighted by molar-refractivity contribution is 5.97. The number of nitrogen functional groups attached to an aromatic ring is 1. The summed E-state index contributed by atoms with van der Waals surface area (Å²) in [5.41, 5.74) is 6.72. The molecule has 0 aliphatic rings. The molecule has 0 fully saturated rings. The lowest BCUT2D eigenvalue weighted by atomic mass is 10.1. The van der Waals surface area contributed by atoms with Crippen LogP contribution in [0.5, 0.6) is 5.75 Å². The van der Waals surface area contributed by atoms with E-state index in [0.29, 0.717) is 17.9 Å². The van der Waals surface area contributed by atoms with Gasteiger partial charge in [-0.2, -0.15) is 5.10 Å². The van der Waals surface area contributed by atoms with Crippen LogP contribution >= 0.6 is 0 Å². The first-order valence-corrected chi connectivity index (χ1v) is 5.69. The Morgan fingerprint density at radius 1 is 1.60 bits per heavy atom. The minimum absolute atomic E-state index is 0.0645. The Kier molecular flexibility index (Phi) is 3.65. The highest BCUT2D eigenvalue weighted by Gasteiger charge is 2.11. The van der Waals surface area contributed by atoms with Gasteiger partial charge in [0.1, 0.15) is 24.0 Å². The van der Waals surface area contributed by atoms with Gasteiger partial charge in [-0.15, -0.1) is 0 Å². The van der Waals surface area contributed by atoms with Gasteiger partial charge in [-0.25, -0.2) is 0 Å². The second-order valence-corrected chi connectivity index (χ2v) is 4.10. The third-order valence-corrected chi connectivity index (χ3v) is 2.73. The molecule has 1 aromatic heterocycles. The van der Waals surface area contributed by atoms with Crippen molar-refractivity contribution in [2.75, 3.05) is 7.11 Å². The lowest BCUT2D eigenvalue weighted by molar-refractivity contribution is -0.385. The number of hydrogen-bond donors (Lipinski definition) is 2. The Bertz CT molecular complexity index is 665. The summed E-state index contributed by atoms with van der Waals surface area (Å²) < 4.78 is 6.56. The van der Waals surface area contributed by atoms with Crippen molar-refractivity contribution >= 4 is 11.5 Å². The smallest absolute Gasteiger partial charge is 0.307 e. The first-order valence-electron chi connectivity index (χ1n) is 5.69. The van der Waals surface area contributed by atoms with Crippen molar-refractivity contribution in [2.24, 2.45) is 5.73 Å². The minimum Gasteiger partial charge on any atom is -0.496 e. The summed E-state index contributed by atoms with van der Waals surface area (Å²) in [5.74, 6) is 0.405. The molecule has 8 heteroatoms. The predicted octanol–water partition coefficient (Wildman–Crippen LogP) is 1.13. The monoisotopic (exact) mass is 275 g/mol. The fraction of sp³-hybridized carbons (Fsp3) is 0.167. The van der Waals surface area contributed by atoms with Crippen LogP contribution in [-0.4, -0.2) is 27.6 Å². The molecule has 0 aliphatic heterocycles. The molecule has 0 amide bonds. The fourth-order valence-electron chi connectivity index (χ4n) is 1.78. The Morgan fingerprint density at radius 2 is 2.35 bits per heavy atom. The van der Waals surface area contributed by atoms with Gasteiger partial charge in [0.15, 0.2) is 0 Å². The number of hydrogen-bond acceptors (Lipinski definition) is 5. The third kappa shape index (κ3) is 2.74. The first kappa shape index (κ1) is 13.5. The summed E-state index contributed by atoms with van der Waals surface area (Å²) >= 11 is 0. The molecule has 0 unspecified atom stereocenters. The van der Waals surface area contributed by atoms with Gasteiger partial charge in [-0.05, 0) is 17.7 Å². The van der Waals surface area contributed by atoms with Gasteiger partial charge in [0.2, 0.25) is 0 Å². The van der Waals surface area contributed by atoms with Crippen molar-refractivity contribution in [3.05, 3.63) is 51.8 Å². The molecule has 104 valence electrons. The van der Waals surface area contributed by atoms with E-state index >= 15 is 0 Å². The fourth-order valence-corrected chi connectivity index (χ4v) is 1.78. The molecular weight excluding hydrogens is 262 g/mol. The van der Waals surface area contributed by atoms with Gasteiger partial charge in [-0.3, -0.25) is 20.2 Å². The van der Waals surface area contributed by atoms with E-state index in [-0.39, 0.29) is 11.5 Å². The SMILES string of the molecule is COc1ccc(Cn2cc([N+](=O)[O-])cn2)cc1C(=N)N. The van der Waals surface area contributed by atoms with Crippen molar-refractivity contribution in [2.45, 2.75) is 6.54 Å². The Labute approximate surface area is 114 Å². The second-order valence-electron chi connectivity index (χ2n) is 4.10. The van der Waals surface area contributed by atoms with Gasteiger partial charge in [0, 0.05) is 0 Å². The molecule has 2 aromatic rings. The molecule has 0 saturated heterocycles. The van der Waals surface area contributed by atoms with Crippen LogP contribution in [0.15, 0.2) is 30.6 Å².